The van der Waals surface area contributed by atoms with Gasteiger partial charge in [-0.1, -0.05) is 6.92 Å². The minimum atomic E-state index is -0.521. The van der Waals surface area contributed by atoms with Gasteiger partial charge in [0.2, 0.25) is 0 Å². The second-order valence-corrected chi connectivity index (χ2v) is 4.55. The summed E-state index contributed by atoms with van der Waals surface area (Å²) in [6.07, 6.45) is 1.43. The van der Waals surface area contributed by atoms with Gasteiger partial charge in [0.15, 0.2) is 0 Å². The Morgan fingerprint density at radius 2 is 2.12 bits per heavy atom. The number of hydrogen-bond donors (Lipinski definition) is 1. The highest BCUT2D eigenvalue weighted by molar-refractivity contribution is 7.99. The lowest BCUT2D eigenvalue weighted by Gasteiger charge is -2.10. The van der Waals surface area contributed by atoms with Gasteiger partial charge >= 0.3 is 6.09 Å². The molecule has 0 aliphatic rings. The summed E-state index contributed by atoms with van der Waals surface area (Å²) in [5.74, 6) is -0.338. The van der Waals surface area contributed by atoms with Crippen molar-refractivity contribution in [2.24, 2.45) is 0 Å². The van der Waals surface area contributed by atoms with Crippen LogP contribution in [0, 0.1) is 5.82 Å². The van der Waals surface area contributed by atoms with E-state index in [9.17, 15) is 9.18 Å². The molecule has 0 saturated heterocycles. The van der Waals surface area contributed by atoms with Crippen LogP contribution in [0.1, 0.15) is 6.92 Å². The van der Waals surface area contributed by atoms with Crippen molar-refractivity contribution in [1.82, 2.24) is 0 Å². The predicted octanol–water partition coefficient (Wildman–Crippen LogP) is 3.13. The second-order valence-electron chi connectivity index (χ2n) is 3.28. The number of anilines is 1. The van der Waals surface area contributed by atoms with Gasteiger partial charge in [-0.3, -0.25) is 5.32 Å². The third-order valence-electron chi connectivity index (χ3n) is 1.94. The molecule has 0 heterocycles. The van der Waals surface area contributed by atoms with E-state index < -0.39 is 6.09 Å². The molecular formula is C11H14FNO2S. The molecule has 5 heteroatoms. The van der Waals surface area contributed by atoms with Crippen LogP contribution in [0.3, 0.4) is 0 Å². The summed E-state index contributed by atoms with van der Waals surface area (Å²) in [6.45, 7) is 2.32. The summed E-state index contributed by atoms with van der Waals surface area (Å²) in [4.78, 5) is 11.3. The minimum absolute atomic E-state index is 0.263. The zero-order valence-corrected chi connectivity index (χ0v) is 10.0. The Bertz CT molecular complexity index is 342. The van der Waals surface area contributed by atoms with Crippen molar-refractivity contribution < 1.29 is 13.9 Å². The molecule has 1 aromatic rings. The number of rotatable bonds is 4. The molecule has 88 valence electrons. The van der Waals surface area contributed by atoms with Crippen LogP contribution in [0.4, 0.5) is 14.9 Å². The van der Waals surface area contributed by atoms with E-state index in [-0.39, 0.29) is 11.1 Å². The Morgan fingerprint density at radius 3 is 2.69 bits per heavy atom. The third kappa shape index (κ3) is 4.53. The van der Waals surface area contributed by atoms with Crippen LogP contribution in [0.5, 0.6) is 0 Å². The predicted molar refractivity (Wildman–Crippen MR) is 64.3 cm³/mol. The highest BCUT2D eigenvalue weighted by atomic mass is 32.2. The van der Waals surface area contributed by atoms with Crippen LogP contribution in [-0.4, -0.2) is 24.2 Å². The van der Waals surface area contributed by atoms with E-state index in [1.807, 2.05) is 13.2 Å². The van der Waals surface area contributed by atoms with E-state index in [1.54, 1.807) is 11.8 Å². The average molecular weight is 243 g/mol. The van der Waals surface area contributed by atoms with E-state index >= 15 is 0 Å². The van der Waals surface area contributed by atoms with Crippen LogP contribution in [-0.2, 0) is 4.74 Å². The van der Waals surface area contributed by atoms with Crippen LogP contribution in [0.2, 0.25) is 0 Å². The molecule has 0 fully saturated rings. The Kier molecular flexibility index (Phi) is 5.11. The summed E-state index contributed by atoms with van der Waals surface area (Å²) in [5, 5.41) is 2.77. The standard InChI is InChI=1S/C11H14FNO2S/c1-8(16-2)7-15-11(14)13-10-5-3-9(12)4-6-10/h3-6,8H,7H2,1-2H3,(H,13,14). The molecule has 0 aromatic heterocycles. The van der Waals surface area contributed by atoms with Crippen LogP contribution >= 0.6 is 11.8 Å². The summed E-state index contributed by atoms with van der Waals surface area (Å²) in [6, 6.07) is 5.52. The van der Waals surface area contributed by atoms with Gasteiger partial charge in [-0.05, 0) is 30.5 Å². The van der Waals surface area contributed by atoms with E-state index in [0.717, 1.165) is 0 Å². The number of carbonyl (C=O) groups is 1. The highest BCUT2D eigenvalue weighted by Crippen LogP contribution is 2.09. The highest BCUT2D eigenvalue weighted by Gasteiger charge is 2.06. The quantitative estimate of drug-likeness (QED) is 0.883. The van der Waals surface area contributed by atoms with Gasteiger partial charge in [0.1, 0.15) is 12.4 Å². The van der Waals surface area contributed by atoms with Gasteiger partial charge in [-0.15, -0.1) is 0 Å². The topological polar surface area (TPSA) is 38.3 Å². The molecular weight excluding hydrogens is 229 g/mol. The largest absolute Gasteiger partial charge is 0.448 e. The molecule has 0 aliphatic carbocycles. The van der Waals surface area contributed by atoms with E-state index in [4.69, 9.17) is 4.74 Å². The summed E-state index contributed by atoms with van der Waals surface area (Å²) in [7, 11) is 0. The first-order valence-corrected chi connectivity index (χ1v) is 6.12. The van der Waals surface area contributed by atoms with E-state index in [2.05, 4.69) is 5.32 Å². The van der Waals surface area contributed by atoms with Crippen molar-refractivity contribution in [3.05, 3.63) is 30.1 Å². The maximum atomic E-state index is 12.6. The van der Waals surface area contributed by atoms with Gasteiger partial charge in [0, 0.05) is 10.9 Å². The molecule has 16 heavy (non-hydrogen) atoms. The molecule has 0 spiro atoms. The summed E-state index contributed by atoms with van der Waals surface area (Å²) < 4.78 is 17.5. The van der Waals surface area contributed by atoms with E-state index in [0.29, 0.717) is 12.3 Å². The van der Waals surface area contributed by atoms with Gasteiger partial charge < -0.3 is 4.74 Å². The molecule has 1 amide bonds. The molecule has 1 rings (SSSR count). The summed E-state index contributed by atoms with van der Waals surface area (Å²) >= 11 is 1.62. The number of thioether (sulfide) groups is 1. The Hall–Kier alpha value is -1.23. The van der Waals surface area contributed by atoms with Crippen molar-refractivity contribution >= 4 is 23.5 Å². The first kappa shape index (κ1) is 12.8. The number of amides is 1. The van der Waals surface area contributed by atoms with Crippen molar-refractivity contribution in [1.29, 1.82) is 0 Å². The lowest BCUT2D eigenvalue weighted by atomic mass is 10.3. The van der Waals surface area contributed by atoms with Crippen molar-refractivity contribution in [2.45, 2.75) is 12.2 Å². The second kappa shape index (κ2) is 6.37. The lowest BCUT2D eigenvalue weighted by Crippen LogP contribution is -2.18. The first-order valence-electron chi connectivity index (χ1n) is 4.84. The molecule has 0 aliphatic heterocycles. The fourth-order valence-corrected chi connectivity index (χ4v) is 1.15. The molecule has 0 radical (unpaired) electrons. The van der Waals surface area contributed by atoms with Gasteiger partial charge in [-0.2, -0.15) is 11.8 Å². The smallest absolute Gasteiger partial charge is 0.411 e. The SMILES string of the molecule is CSC(C)COC(=O)Nc1ccc(F)cc1. The number of ether oxygens (including phenoxy) is 1. The molecule has 0 saturated carbocycles. The van der Waals surface area contributed by atoms with Gasteiger partial charge in [-0.25, -0.2) is 9.18 Å². The zero-order valence-electron chi connectivity index (χ0n) is 9.20. The van der Waals surface area contributed by atoms with Crippen LogP contribution < -0.4 is 5.32 Å². The Morgan fingerprint density at radius 1 is 1.50 bits per heavy atom. The minimum Gasteiger partial charge on any atom is -0.448 e. The number of halogens is 1. The third-order valence-corrected chi connectivity index (χ3v) is 2.88. The zero-order chi connectivity index (χ0) is 12.0. The molecule has 1 aromatic carbocycles. The maximum absolute atomic E-state index is 12.6. The Balaban J connectivity index is 2.37. The van der Waals surface area contributed by atoms with Crippen molar-refractivity contribution in [2.75, 3.05) is 18.2 Å². The normalized spacial score (nSPS) is 11.9. The van der Waals surface area contributed by atoms with Crippen molar-refractivity contribution in [3.8, 4) is 0 Å². The number of hydrogen-bond acceptors (Lipinski definition) is 3. The van der Waals surface area contributed by atoms with Gasteiger partial charge in [0.25, 0.3) is 0 Å². The molecule has 1 N–H and O–H groups in total. The molecule has 3 nitrogen and oxygen atoms in total. The molecule has 1 unspecified atom stereocenters. The van der Waals surface area contributed by atoms with Crippen LogP contribution in [0.15, 0.2) is 24.3 Å². The van der Waals surface area contributed by atoms with Crippen molar-refractivity contribution in [3.63, 3.8) is 0 Å². The number of benzene rings is 1. The van der Waals surface area contributed by atoms with Crippen LogP contribution in [0.25, 0.3) is 0 Å². The molecule has 1 atom stereocenters. The fourth-order valence-electron chi connectivity index (χ4n) is 0.948. The Labute approximate surface area is 98.4 Å². The lowest BCUT2D eigenvalue weighted by molar-refractivity contribution is 0.163. The van der Waals surface area contributed by atoms with E-state index in [1.165, 1.54) is 24.3 Å². The number of carbonyl (C=O) groups excluding carboxylic acids is 1. The maximum Gasteiger partial charge on any atom is 0.411 e. The number of nitrogens with one attached hydrogen (secondary N) is 1. The molecule has 0 bridgehead atoms. The first-order chi connectivity index (χ1) is 7.61. The average Bonchev–Trinajstić information content (AvgIpc) is 2.29. The summed E-state index contributed by atoms with van der Waals surface area (Å²) in [5.41, 5.74) is 0.517. The van der Waals surface area contributed by atoms with Gasteiger partial charge in [0.05, 0.1) is 0 Å². The monoisotopic (exact) mass is 243 g/mol. The fraction of sp³-hybridized carbons (Fsp3) is 0.364.